The third-order valence-electron chi connectivity index (χ3n) is 3.25. The third-order valence-corrected chi connectivity index (χ3v) is 3.25. The van der Waals surface area contributed by atoms with Crippen LogP contribution in [0.2, 0.25) is 0 Å². The van der Waals surface area contributed by atoms with E-state index in [4.69, 9.17) is 0 Å². The van der Waals surface area contributed by atoms with E-state index in [0.717, 1.165) is 11.1 Å². The number of hydrogen-bond acceptors (Lipinski definition) is 4. The van der Waals surface area contributed by atoms with Crippen LogP contribution >= 0.6 is 0 Å². The topological polar surface area (TPSA) is 74.6 Å². The Balaban J connectivity index is 2.16. The van der Waals surface area contributed by atoms with Crippen molar-refractivity contribution >= 4 is 11.6 Å². The highest BCUT2D eigenvalue weighted by molar-refractivity contribution is 6.30. The second-order valence-electron chi connectivity index (χ2n) is 4.46. The largest absolute Gasteiger partial charge is 0.353 e. The van der Waals surface area contributed by atoms with E-state index in [1.54, 1.807) is 6.07 Å². The van der Waals surface area contributed by atoms with Gasteiger partial charge in [-0.3, -0.25) is 9.59 Å². The number of carbonyl (C=O) groups is 2. The second kappa shape index (κ2) is 3.85. The summed E-state index contributed by atoms with van der Waals surface area (Å²) in [5, 5.41) is 18.9. The molecule has 1 aliphatic carbocycles. The molecule has 0 saturated carbocycles. The molecule has 19 heavy (non-hydrogen) atoms. The lowest BCUT2D eigenvalue weighted by Gasteiger charge is -2.08. The SMILES string of the molecule is O=C1c2ccc(-c3ccccc3)cc2C(=O)C1(O)O. The summed E-state index contributed by atoms with van der Waals surface area (Å²) in [7, 11) is 0. The summed E-state index contributed by atoms with van der Waals surface area (Å²) >= 11 is 0. The van der Waals surface area contributed by atoms with Crippen LogP contribution in [0.15, 0.2) is 48.5 Å². The maximum Gasteiger partial charge on any atom is 0.295 e. The van der Waals surface area contributed by atoms with Crippen molar-refractivity contribution in [3.8, 4) is 11.1 Å². The van der Waals surface area contributed by atoms with Crippen LogP contribution in [0, 0.1) is 0 Å². The minimum atomic E-state index is -2.92. The van der Waals surface area contributed by atoms with E-state index in [1.807, 2.05) is 30.3 Å². The van der Waals surface area contributed by atoms with Crippen molar-refractivity contribution < 1.29 is 19.8 Å². The van der Waals surface area contributed by atoms with Gasteiger partial charge < -0.3 is 10.2 Å². The van der Waals surface area contributed by atoms with Gasteiger partial charge in [-0.15, -0.1) is 0 Å². The molecule has 0 spiro atoms. The summed E-state index contributed by atoms with van der Waals surface area (Å²) in [6, 6.07) is 14.0. The molecule has 0 saturated heterocycles. The van der Waals surface area contributed by atoms with Crippen LogP contribution in [0.1, 0.15) is 20.7 Å². The summed E-state index contributed by atoms with van der Waals surface area (Å²) in [6.45, 7) is 0. The van der Waals surface area contributed by atoms with Gasteiger partial charge in [0.25, 0.3) is 5.79 Å². The first-order valence-electron chi connectivity index (χ1n) is 5.75. The number of ketones is 2. The van der Waals surface area contributed by atoms with Gasteiger partial charge in [-0.05, 0) is 23.3 Å². The Hall–Kier alpha value is -2.30. The van der Waals surface area contributed by atoms with E-state index >= 15 is 0 Å². The number of aliphatic hydroxyl groups is 2. The highest BCUT2D eigenvalue weighted by atomic mass is 16.5. The normalized spacial score (nSPS) is 16.5. The molecular weight excluding hydrogens is 244 g/mol. The fraction of sp³-hybridized carbons (Fsp3) is 0.0667. The average Bonchev–Trinajstić information content (AvgIpc) is 2.61. The second-order valence-corrected chi connectivity index (χ2v) is 4.46. The molecule has 4 heteroatoms. The number of benzene rings is 2. The van der Waals surface area contributed by atoms with E-state index in [-0.39, 0.29) is 11.1 Å². The van der Waals surface area contributed by atoms with E-state index < -0.39 is 17.4 Å². The Kier molecular flexibility index (Phi) is 2.38. The van der Waals surface area contributed by atoms with Gasteiger partial charge in [0.1, 0.15) is 0 Å². The summed E-state index contributed by atoms with van der Waals surface area (Å²) in [4.78, 5) is 23.4. The first-order valence-corrected chi connectivity index (χ1v) is 5.75. The van der Waals surface area contributed by atoms with Gasteiger partial charge >= 0.3 is 0 Å². The zero-order valence-electron chi connectivity index (χ0n) is 9.83. The number of carbonyl (C=O) groups excluding carboxylic acids is 2. The van der Waals surface area contributed by atoms with Gasteiger partial charge in [-0.2, -0.15) is 0 Å². The summed E-state index contributed by atoms with van der Waals surface area (Å²) in [5.74, 6) is -4.85. The lowest BCUT2D eigenvalue weighted by molar-refractivity contribution is -0.0857. The lowest BCUT2D eigenvalue weighted by atomic mass is 10.0. The molecule has 0 radical (unpaired) electrons. The number of rotatable bonds is 1. The van der Waals surface area contributed by atoms with Crippen LogP contribution in [-0.2, 0) is 0 Å². The van der Waals surface area contributed by atoms with Crippen LogP contribution in [0.25, 0.3) is 11.1 Å². The minimum Gasteiger partial charge on any atom is -0.353 e. The molecule has 0 amide bonds. The monoisotopic (exact) mass is 254 g/mol. The first-order chi connectivity index (χ1) is 9.01. The van der Waals surface area contributed by atoms with Crippen molar-refractivity contribution in [3.63, 3.8) is 0 Å². The molecular formula is C15H10O4. The summed E-state index contributed by atoms with van der Waals surface area (Å²) in [6.07, 6.45) is 0. The molecule has 0 bridgehead atoms. The summed E-state index contributed by atoms with van der Waals surface area (Å²) < 4.78 is 0. The fourth-order valence-corrected chi connectivity index (χ4v) is 2.22. The summed E-state index contributed by atoms with van der Waals surface area (Å²) in [5.41, 5.74) is 1.74. The number of Topliss-reactive ketones (excluding diaryl/α,β-unsaturated/α-hetero) is 2. The Morgan fingerprint density at radius 1 is 0.737 bits per heavy atom. The van der Waals surface area contributed by atoms with Crippen molar-refractivity contribution in [3.05, 3.63) is 59.7 Å². The average molecular weight is 254 g/mol. The highest BCUT2D eigenvalue weighted by Gasteiger charge is 2.50. The Bertz CT molecular complexity index is 687. The Morgan fingerprint density at radius 3 is 2.05 bits per heavy atom. The standard InChI is InChI=1S/C15H10O4/c16-13-11-7-6-10(9-4-2-1-3-5-9)8-12(11)14(17)15(13,18)19/h1-8,18-19H. The molecule has 0 atom stereocenters. The van der Waals surface area contributed by atoms with Crippen molar-refractivity contribution in [2.75, 3.05) is 0 Å². The van der Waals surface area contributed by atoms with Gasteiger partial charge in [0, 0.05) is 11.1 Å². The van der Waals surface area contributed by atoms with Crippen molar-refractivity contribution in [1.29, 1.82) is 0 Å². The zero-order valence-corrected chi connectivity index (χ0v) is 9.83. The van der Waals surface area contributed by atoms with Crippen LogP contribution < -0.4 is 0 Å². The van der Waals surface area contributed by atoms with Crippen LogP contribution in [0.3, 0.4) is 0 Å². The van der Waals surface area contributed by atoms with E-state index in [9.17, 15) is 19.8 Å². The van der Waals surface area contributed by atoms with Gasteiger partial charge in [0.05, 0.1) is 0 Å². The molecule has 2 aromatic carbocycles. The van der Waals surface area contributed by atoms with Crippen molar-refractivity contribution in [1.82, 2.24) is 0 Å². The van der Waals surface area contributed by atoms with Crippen LogP contribution in [0.4, 0.5) is 0 Å². The molecule has 4 nitrogen and oxygen atoms in total. The minimum absolute atomic E-state index is 0.0506. The van der Waals surface area contributed by atoms with Crippen LogP contribution in [0.5, 0.6) is 0 Å². The molecule has 2 N–H and O–H groups in total. The zero-order chi connectivity index (χ0) is 13.6. The quantitative estimate of drug-likeness (QED) is 0.596. The molecule has 3 rings (SSSR count). The first kappa shape index (κ1) is 11.8. The molecule has 2 aromatic rings. The molecule has 0 aromatic heterocycles. The smallest absolute Gasteiger partial charge is 0.295 e. The van der Waals surface area contributed by atoms with Crippen molar-refractivity contribution in [2.24, 2.45) is 0 Å². The fourth-order valence-electron chi connectivity index (χ4n) is 2.22. The number of hydrogen-bond donors (Lipinski definition) is 2. The van der Waals surface area contributed by atoms with Crippen molar-refractivity contribution in [2.45, 2.75) is 5.79 Å². The Morgan fingerprint density at radius 2 is 1.37 bits per heavy atom. The van der Waals surface area contributed by atoms with Gasteiger partial charge in [-0.1, -0.05) is 36.4 Å². The lowest BCUT2D eigenvalue weighted by Crippen LogP contribution is -2.40. The highest BCUT2D eigenvalue weighted by Crippen LogP contribution is 2.31. The molecule has 0 fully saturated rings. The van der Waals surface area contributed by atoms with Crippen LogP contribution in [-0.4, -0.2) is 27.6 Å². The third kappa shape index (κ3) is 1.62. The van der Waals surface area contributed by atoms with E-state index in [2.05, 4.69) is 0 Å². The molecule has 0 aliphatic heterocycles. The maximum absolute atomic E-state index is 11.8. The van der Waals surface area contributed by atoms with Gasteiger partial charge in [0.15, 0.2) is 0 Å². The molecule has 1 aliphatic rings. The number of fused-ring (bicyclic) bond motifs is 1. The molecule has 94 valence electrons. The van der Waals surface area contributed by atoms with Gasteiger partial charge in [-0.25, -0.2) is 0 Å². The molecule has 0 unspecified atom stereocenters. The predicted molar refractivity (Wildman–Crippen MR) is 67.7 cm³/mol. The van der Waals surface area contributed by atoms with Gasteiger partial charge in [0.2, 0.25) is 11.6 Å². The van der Waals surface area contributed by atoms with E-state index in [0.29, 0.717) is 0 Å². The Labute approximate surface area is 108 Å². The predicted octanol–water partition coefficient (Wildman–Crippen LogP) is 1.41. The maximum atomic E-state index is 11.8. The molecule has 0 heterocycles. The van der Waals surface area contributed by atoms with E-state index in [1.165, 1.54) is 12.1 Å².